The van der Waals surface area contributed by atoms with Crippen LogP contribution in [0.3, 0.4) is 0 Å². The van der Waals surface area contributed by atoms with Crippen LogP contribution in [0.25, 0.3) is 0 Å². The molecule has 0 aliphatic heterocycles. The number of carbonyl (C=O) groups is 1. The third-order valence-corrected chi connectivity index (χ3v) is 2.61. The predicted molar refractivity (Wildman–Crippen MR) is 75.4 cm³/mol. The van der Waals surface area contributed by atoms with Gasteiger partial charge in [-0.3, -0.25) is 4.79 Å². The van der Waals surface area contributed by atoms with Gasteiger partial charge in [-0.05, 0) is 12.0 Å². The van der Waals surface area contributed by atoms with E-state index in [4.69, 9.17) is 21.2 Å². The Bertz CT molecular complexity index is 458. The molecular weight excluding hydrogens is 266 g/mol. The summed E-state index contributed by atoms with van der Waals surface area (Å²) in [6.45, 7) is 4.35. The highest BCUT2D eigenvalue weighted by Gasteiger charge is 2.15. The Labute approximate surface area is 118 Å². The number of carbonyl (C=O) groups excluding carboxylic acids is 1. The molecule has 0 bridgehead atoms. The van der Waals surface area contributed by atoms with Crippen LogP contribution < -0.4 is 0 Å². The van der Waals surface area contributed by atoms with Crippen LogP contribution in [-0.2, 0) is 14.4 Å². The van der Waals surface area contributed by atoms with E-state index in [0.717, 1.165) is 0 Å². The number of rotatable bonds is 6. The molecule has 0 spiro atoms. The normalized spacial score (nSPS) is 11.5. The smallest absolute Gasteiger partial charge is 0.312 e. The SMILES string of the molecule is CON=C(CC(=O)OCC(C)C)c1ccccc1Cl. The van der Waals surface area contributed by atoms with E-state index in [-0.39, 0.29) is 12.4 Å². The van der Waals surface area contributed by atoms with Gasteiger partial charge >= 0.3 is 5.97 Å². The van der Waals surface area contributed by atoms with Crippen LogP contribution in [0.15, 0.2) is 29.4 Å². The van der Waals surface area contributed by atoms with Gasteiger partial charge in [-0.25, -0.2) is 0 Å². The fourth-order valence-corrected chi connectivity index (χ4v) is 1.67. The molecule has 19 heavy (non-hydrogen) atoms. The van der Waals surface area contributed by atoms with Gasteiger partial charge in [0.2, 0.25) is 0 Å². The van der Waals surface area contributed by atoms with E-state index < -0.39 is 0 Å². The van der Waals surface area contributed by atoms with Crippen LogP contribution in [0.1, 0.15) is 25.8 Å². The van der Waals surface area contributed by atoms with Crippen molar-refractivity contribution in [2.45, 2.75) is 20.3 Å². The average Bonchev–Trinajstić information content (AvgIpc) is 2.36. The van der Waals surface area contributed by atoms with Gasteiger partial charge in [0.25, 0.3) is 0 Å². The minimum Gasteiger partial charge on any atom is -0.465 e. The van der Waals surface area contributed by atoms with Gasteiger partial charge in [-0.15, -0.1) is 0 Å². The quantitative estimate of drug-likeness (QED) is 0.457. The number of halogens is 1. The van der Waals surface area contributed by atoms with Crippen molar-refractivity contribution in [2.24, 2.45) is 11.1 Å². The third-order valence-electron chi connectivity index (χ3n) is 2.28. The second kappa shape index (κ2) is 7.79. The maximum atomic E-state index is 11.7. The molecule has 1 aromatic rings. The minimum absolute atomic E-state index is 0.0320. The predicted octanol–water partition coefficient (Wildman–Crippen LogP) is 3.28. The molecule has 0 fully saturated rings. The zero-order valence-electron chi connectivity index (χ0n) is 11.4. The van der Waals surface area contributed by atoms with Crippen molar-refractivity contribution < 1.29 is 14.4 Å². The summed E-state index contributed by atoms with van der Waals surface area (Å²) in [5.41, 5.74) is 1.13. The van der Waals surface area contributed by atoms with Crippen molar-refractivity contribution in [3.63, 3.8) is 0 Å². The highest BCUT2D eigenvalue weighted by molar-refractivity contribution is 6.34. The standard InChI is InChI=1S/C14H18ClNO3/c1-10(2)9-19-14(17)8-13(16-18-3)11-6-4-5-7-12(11)15/h4-7,10H,8-9H2,1-3H3. The lowest BCUT2D eigenvalue weighted by molar-refractivity contribution is -0.143. The summed E-state index contributed by atoms with van der Waals surface area (Å²) in [5, 5.41) is 4.38. The number of hydrogen-bond acceptors (Lipinski definition) is 4. The molecule has 1 aromatic carbocycles. The number of esters is 1. The Morgan fingerprint density at radius 3 is 2.63 bits per heavy atom. The number of oxime groups is 1. The zero-order valence-corrected chi connectivity index (χ0v) is 12.1. The fraction of sp³-hybridized carbons (Fsp3) is 0.429. The Balaban J connectivity index is 2.78. The molecule has 0 unspecified atom stereocenters. The molecule has 0 amide bonds. The van der Waals surface area contributed by atoms with E-state index >= 15 is 0 Å². The van der Waals surface area contributed by atoms with E-state index in [0.29, 0.717) is 28.8 Å². The lowest BCUT2D eigenvalue weighted by atomic mass is 10.1. The molecule has 5 heteroatoms. The molecule has 104 valence electrons. The molecule has 0 heterocycles. The Hall–Kier alpha value is -1.55. The van der Waals surface area contributed by atoms with Gasteiger partial charge in [0.15, 0.2) is 0 Å². The average molecular weight is 284 g/mol. The van der Waals surface area contributed by atoms with Crippen molar-refractivity contribution >= 4 is 23.3 Å². The highest BCUT2D eigenvalue weighted by atomic mass is 35.5. The molecule has 1 rings (SSSR count). The number of hydrogen-bond donors (Lipinski definition) is 0. The lowest BCUT2D eigenvalue weighted by Crippen LogP contribution is -2.15. The molecule has 0 saturated heterocycles. The highest BCUT2D eigenvalue weighted by Crippen LogP contribution is 2.18. The van der Waals surface area contributed by atoms with E-state index in [9.17, 15) is 4.79 Å². The van der Waals surface area contributed by atoms with Crippen molar-refractivity contribution in [3.8, 4) is 0 Å². The summed E-state index contributed by atoms with van der Waals surface area (Å²) in [7, 11) is 1.43. The van der Waals surface area contributed by atoms with Crippen molar-refractivity contribution in [3.05, 3.63) is 34.9 Å². The first-order valence-corrected chi connectivity index (χ1v) is 6.43. The van der Waals surface area contributed by atoms with Gasteiger partial charge in [0.05, 0.1) is 18.7 Å². The van der Waals surface area contributed by atoms with Gasteiger partial charge in [0.1, 0.15) is 7.11 Å². The van der Waals surface area contributed by atoms with E-state index in [2.05, 4.69) is 5.16 Å². The second-order valence-corrected chi connectivity index (χ2v) is 4.86. The van der Waals surface area contributed by atoms with Crippen LogP contribution in [0, 0.1) is 5.92 Å². The largest absolute Gasteiger partial charge is 0.465 e. The van der Waals surface area contributed by atoms with Crippen LogP contribution >= 0.6 is 11.6 Å². The van der Waals surface area contributed by atoms with E-state index in [1.807, 2.05) is 26.0 Å². The summed E-state index contributed by atoms with van der Waals surface area (Å²) < 4.78 is 5.12. The number of nitrogens with zero attached hydrogens (tertiary/aromatic N) is 1. The summed E-state index contributed by atoms with van der Waals surface area (Å²) in [6, 6.07) is 7.16. The minimum atomic E-state index is -0.343. The van der Waals surface area contributed by atoms with Gasteiger partial charge in [-0.2, -0.15) is 0 Å². The van der Waals surface area contributed by atoms with Crippen molar-refractivity contribution in [1.82, 2.24) is 0 Å². The summed E-state index contributed by atoms with van der Waals surface area (Å²) >= 11 is 6.08. The maximum absolute atomic E-state index is 11.7. The molecule has 0 atom stereocenters. The molecule has 0 aliphatic carbocycles. The molecule has 4 nitrogen and oxygen atoms in total. The van der Waals surface area contributed by atoms with E-state index in [1.165, 1.54) is 7.11 Å². The van der Waals surface area contributed by atoms with Gasteiger partial charge in [-0.1, -0.05) is 48.8 Å². The van der Waals surface area contributed by atoms with E-state index in [1.54, 1.807) is 12.1 Å². The Morgan fingerprint density at radius 1 is 1.37 bits per heavy atom. The first kappa shape index (κ1) is 15.5. The van der Waals surface area contributed by atoms with Gasteiger partial charge < -0.3 is 9.57 Å². The topological polar surface area (TPSA) is 47.9 Å². The zero-order chi connectivity index (χ0) is 14.3. The third kappa shape index (κ3) is 5.30. The second-order valence-electron chi connectivity index (χ2n) is 4.45. The molecular formula is C14H18ClNO3. The van der Waals surface area contributed by atoms with Gasteiger partial charge in [0, 0.05) is 10.6 Å². The summed E-state index contributed by atoms with van der Waals surface area (Å²) in [4.78, 5) is 16.5. The molecule has 0 N–H and O–H groups in total. The van der Waals surface area contributed by atoms with Crippen LogP contribution in [0.4, 0.5) is 0 Å². The summed E-state index contributed by atoms with van der Waals surface area (Å²) in [6.07, 6.45) is 0.0320. The molecule has 0 aromatic heterocycles. The van der Waals surface area contributed by atoms with Crippen molar-refractivity contribution in [2.75, 3.05) is 13.7 Å². The van der Waals surface area contributed by atoms with Crippen LogP contribution in [0.5, 0.6) is 0 Å². The van der Waals surface area contributed by atoms with Crippen LogP contribution in [-0.4, -0.2) is 25.4 Å². The molecule has 0 aliphatic rings. The number of ether oxygens (including phenoxy) is 1. The number of benzene rings is 1. The fourth-order valence-electron chi connectivity index (χ4n) is 1.43. The Kier molecular flexibility index (Phi) is 6.36. The Morgan fingerprint density at radius 2 is 2.05 bits per heavy atom. The van der Waals surface area contributed by atoms with Crippen molar-refractivity contribution in [1.29, 1.82) is 0 Å². The first-order valence-electron chi connectivity index (χ1n) is 6.05. The summed E-state index contributed by atoms with van der Waals surface area (Å²) in [5.74, 6) is -0.0449. The maximum Gasteiger partial charge on any atom is 0.312 e. The first-order chi connectivity index (χ1) is 9.04. The molecule has 0 radical (unpaired) electrons. The monoisotopic (exact) mass is 283 g/mol. The lowest BCUT2D eigenvalue weighted by Gasteiger charge is -2.09. The van der Waals surface area contributed by atoms with Crippen LogP contribution in [0.2, 0.25) is 5.02 Å². The molecule has 0 saturated carbocycles.